The Kier molecular flexibility index (Phi) is 4.89. The summed E-state index contributed by atoms with van der Waals surface area (Å²) in [6.45, 7) is 0.882. The average molecular weight is 436 g/mol. The molecule has 2 aromatic carbocycles. The lowest BCUT2D eigenvalue weighted by atomic mass is 9.97. The highest BCUT2D eigenvalue weighted by atomic mass is 19.1. The second-order valence-electron chi connectivity index (χ2n) is 8.48. The minimum atomic E-state index is -0.656. The molecular weight excluding hydrogens is 414 g/mol. The molecule has 0 bridgehead atoms. The topological polar surface area (TPSA) is 69.6 Å². The van der Waals surface area contributed by atoms with E-state index in [2.05, 4.69) is 9.97 Å². The van der Waals surface area contributed by atoms with Crippen molar-refractivity contribution in [3.63, 3.8) is 0 Å². The second kappa shape index (κ2) is 7.63. The zero-order valence-electron chi connectivity index (χ0n) is 17.6. The number of likely N-dealkylation sites (N-methyl/N-ethyl adjacent to an activating group) is 1. The number of amides is 1. The van der Waals surface area contributed by atoms with Crippen LogP contribution >= 0.6 is 0 Å². The summed E-state index contributed by atoms with van der Waals surface area (Å²) in [7, 11) is 1.66. The lowest BCUT2D eigenvalue weighted by Crippen LogP contribution is -2.29. The zero-order chi connectivity index (χ0) is 22.5. The number of nitrogens with zero attached hydrogens (tertiary/aromatic N) is 4. The quantitative estimate of drug-likeness (QED) is 0.661. The van der Waals surface area contributed by atoms with Crippen LogP contribution < -0.4 is 4.90 Å². The van der Waals surface area contributed by atoms with Gasteiger partial charge in [-0.2, -0.15) is 0 Å². The Morgan fingerprint density at radius 3 is 2.41 bits per heavy atom. The molecule has 0 atom stereocenters. The lowest BCUT2D eigenvalue weighted by Gasteiger charge is -2.19. The monoisotopic (exact) mass is 436 g/mol. The molecule has 0 radical (unpaired) electrons. The van der Waals surface area contributed by atoms with Gasteiger partial charge in [-0.25, -0.2) is 18.7 Å². The van der Waals surface area contributed by atoms with E-state index in [9.17, 15) is 13.6 Å². The van der Waals surface area contributed by atoms with Crippen LogP contribution in [0.3, 0.4) is 0 Å². The number of carbonyl (C=O) groups is 1. The van der Waals surface area contributed by atoms with Crippen molar-refractivity contribution in [3.8, 4) is 11.1 Å². The van der Waals surface area contributed by atoms with Gasteiger partial charge in [0.05, 0.1) is 6.61 Å². The predicted octanol–water partition coefficient (Wildman–Crippen LogP) is 3.67. The highest BCUT2D eigenvalue weighted by Gasteiger charge is 2.52. The van der Waals surface area contributed by atoms with Crippen LogP contribution in [0.25, 0.3) is 11.1 Å². The first-order valence-corrected chi connectivity index (χ1v) is 10.5. The van der Waals surface area contributed by atoms with Crippen molar-refractivity contribution in [2.24, 2.45) is 0 Å². The van der Waals surface area contributed by atoms with E-state index >= 15 is 0 Å². The number of hydrogen-bond donors (Lipinski definition) is 1. The van der Waals surface area contributed by atoms with Crippen molar-refractivity contribution in [2.75, 3.05) is 31.6 Å². The molecule has 6 nitrogen and oxygen atoms in total. The number of aliphatic hydroxyl groups is 1. The molecule has 1 aliphatic carbocycles. The van der Waals surface area contributed by atoms with Crippen LogP contribution in [0.5, 0.6) is 0 Å². The normalized spacial score (nSPS) is 15.7. The van der Waals surface area contributed by atoms with Crippen LogP contribution in [0.2, 0.25) is 0 Å². The molecule has 164 valence electrons. The Bertz CT molecular complexity index is 1170. The van der Waals surface area contributed by atoms with Crippen molar-refractivity contribution in [1.82, 2.24) is 14.9 Å². The molecule has 1 fully saturated rings. The van der Waals surface area contributed by atoms with Gasteiger partial charge in [0.1, 0.15) is 11.6 Å². The van der Waals surface area contributed by atoms with E-state index in [1.54, 1.807) is 19.4 Å². The van der Waals surface area contributed by atoms with E-state index in [1.807, 2.05) is 23.1 Å². The van der Waals surface area contributed by atoms with Crippen molar-refractivity contribution >= 4 is 17.5 Å². The summed E-state index contributed by atoms with van der Waals surface area (Å²) >= 11 is 0. The summed E-state index contributed by atoms with van der Waals surface area (Å²) in [5.41, 5.74) is 3.56. The maximum atomic E-state index is 13.6. The van der Waals surface area contributed by atoms with Gasteiger partial charge in [-0.1, -0.05) is 6.07 Å². The standard InChI is InChI=1S/C24H22F2N4O2/c1-29(6-7-31)22(32)15-2-3-20-21(10-15)30(14-24(20)4-5-24)23-27-12-17(13-28-23)16-8-18(25)11-19(26)9-16/h2-3,8-13,31H,4-7,14H2,1H3. The number of rotatable bonds is 5. The van der Waals surface area contributed by atoms with Gasteiger partial charge in [0.15, 0.2) is 0 Å². The van der Waals surface area contributed by atoms with Gasteiger partial charge < -0.3 is 14.9 Å². The third kappa shape index (κ3) is 3.50. The Labute approximate surface area is 184 Å². The van der Waals surface area contributed by atoms with Gasteiger partial charge in [-0.3, -0.25) is 4.79 Å². The summed E-state index contributed by atoms with van der Waals surface area (Å²) in [5, 5.41) is 9.13. The minimum absolute atomic E-state index is 0.0572. The third-order valence-corrected chi connectivity index (χ3v) is 6.28. The molecule has 1 N–H and O–H groups in total. The SMILES string of the molecule is CN(CCO)C(=O)c1ccc2c(c1)N(c1ncc(-c3cc(F)cc(F)c3)cn1)CC21CC1. The molecule has 2 aliphatic rings. The molecule has 1 aliphatic heterocycles. The van der Waals surface area contributed by atoms with Crippen LogP contribution in [-0.4, -0.2) is 52.6 Å². The summed E-state index contributed by atoms with van der Waals surface area (Å²) in [6, 6.07) is 9.01. The first-order chi connectivity index (χ1) is 15.4. The van der Waals surface area contributed by atoms with Crippen molar-refractivity contribution in [3.05, 3.63) is 71.6 Å². The number of aromatic nitrogens is 2. The Morgan fingerprint density at radius 2 is 1.78 bits per heavy atom. The van der Waals surface area contributed by atoms with E-state index in [4.69, 9.17) is 5.11 Å². The molecule has 32 heavy (non-hydrogen) atoms. The van der Waals surface area contributed by atoms with Gasteiger partial charge in [0.2, 0.25) is 5.95 Å². The fraction of sp³-hybridized carbons (Fsp3) is 0.292. The largest absolute Gasteiger partial charge is 0.395 e. The maximum absolute atomic E-state index is 13.6. The summed E-state index contributed by atoms with van der Waals surface area (Å²) < 4.78 is 27.1. The summed E-state index contributed by atoms with van der Waals surface area (Å²) in [5.74, 6) is -1.000. The fourth-order valence-corrected chi connectivity index (χ4v) is 4.37. The van der Waals surface area contributed by atoms with Crippen molar-refractivity contribution < 1.29 is 18.7 Å². The molecule has 1 aromatic heterocycles. The highest BCUT2D eigenvalue weighted by molar-refractivity contribution is 5.96. The molecule has 1 spiro atoms. The van der Waals surface area contributed by atoms with Crippen molar-refractivity contribution in [2.45, 2.75) is 18.3 Å². The zero-order valence-corrected chi connectivity index (χ0v) is 17.6. The van der Waals surface area contributed by atoms with Crippen LogP contribution in [0.4, 0.5) is 20.4 Å². The van der Waals surface area contributed by atoms with Gasteiger partial charge >= 0.3 is 0 Å². The average Bonchev–Trinajstić information content (AvgIpc) is 3.49. The minimum Gasteiger partial charge on any atom is -0.395 e. The molecule has 1 amide bonds. The lowest BCUT2D eigenvalue weighted by molar-refractivity contribution is 0.0767. The Morgan fingerprint density at radius 1 is 1.09 bits per heavy atom. The first-order valence-electron chi connectivity index (χ1n) is 10.5. The van der Waals surface area contributed by atoms with Gasteiger partial charge in [-0.15, -0.1) is 0 Å². The number of halogens is 2. The van der Waals surface area contributed by atoms with E-state index in [0.29, 0.717) is 22.6 Å². The summed E-state index contributed by atoms with van der Waals surface area (Å²) in [6.07, 6.45) is 5.24. The fourth-order valence-electron chi connectivity index (χ4n) is 4.37. The molecule has 0 unspecified atom stereocenters. The number of carbonyl (C=O) groups excluding carboxylic acids is 1. The van der Waals surface area contributed by atoms with Gasteiger partial charge in [0.25, 0.3) is 5.91 Å². The number of aliphatic hydroxyl groups excluding tert-OH is 1. The number of fused-ring (bicyclic) bond motifs is 2. The van der Waals surface area contributed by atoms with Gasteiger partial charge in [-0.05, 0) is 48.2 Å². The van der Waals surface area contributed by atoms with E-state index in [-0.39, 0.29) is 24.5 Å². The number of hydrogen-bond acceptors (Lipinski definition) is 5. The Hall–Kier alpha value is -3.39. The maximum Gasteiger partial charge on any atom is 0.253 e. The number of anilines is 2. The molecule has 2 heterocycles. The van der Waals surface area contributed by atoms with E-state index in [1.165, 1.54) is 22.6 Å². The van der Waals surface area contributed by atoms with E-state index in [0.717, 1.165) is 31.1 Å². The smallest absolute Gasteiger partial charge is 0.253 e. The number of benzene rings is 2. The molecular formula is C24H22F2N4O2. The Balaban J connectivity index is 1.48. The predicted molar refractivity (Wildman–Crippen MR) is 116 cm³/mol. The van der Waals surface area contributed by atoms with Crippen LogP contribution in [0, 0.1) is 11.6 Å². The van der Waals surface area contributed by atoms with Crippen molar-refractivity contribution in [1.29, 1.82) is 0 Å². The van der Waals surface area contributed by atoms with Gasteiger partial charge in [0, 0.05) is 60.8 Å². The molecule has 8 heteroatoms. The van der Waals surface area contributed by atoms with Crippen LogP contribution in [-0.2, 0) is 5.41 Å². The van der Waals surface area contributed by atoms with Crippen LogP contribution in [0.1, 0.15) is 28.8 Å². The van der Waals surface area contributed by atoms with Crippen LogP contribution in [0.15, 0.2) is 48.8 Å². The third-order valence-electron chi connectivity index (χ3n) is 6.28. The second-order valence-corrected chi connectivity index (χ2v) is 8.48. The molecule has 0 saturated heterocycles. The molecule has 1 saturated carbocycles. The molecule has 5 rings (SSSR count). The molecule has 3 aromatic rings. The van der Waals surface area contributed by atoms with E-state index < -0.39 is 11.6 Å². The summed E-state index contributed by atoms with van der Waals surface area (Å²) in [4.78, 5) is 25.1. The first kappa shape index (κ1) is 20.5. The highest BCUT2D eigenvalue weighted by Crippen LogP contribution is 2.57.